The fraction of sp³-hybridized carbons (Fsp3) is 0.467. The van der Waals surface area contributed by atoms with Crippen LogP contribution in [0.5, 0.6) is 5.75 Å². The fourth-order valence-corrected chi connectivity index (χ4v) is 2.61. The Hall–Kier alpha value is -1.46. The Morgan fingerprint density at radius 3 is 2.85 bits per heavy atom. The predicted molar refractivity (Wildman–Crippen MR) is 80.0 cm³/mol. The molecule has 1 aliphatic rings. The highest BCUT2D eigenvalue weighted by atomic mass is 32.1. The number of hydrogen-bond acceptors (Lipinski definition) is 5. The topological polar surface area (TPSA) is 47.0 Å². The molecule has 4 nitrogen and oxygen atoms in total. The van der Waals surface area contributed by atoms with Crippen LogP contribution in [0.3, 0.4) is 0 Å². The molecule has 0 aromatic carbocycles. The van der Waals surface area contributed by atoms with E-state index in [1.807, 2.05) is 31.4 Å². The zero-order valence-corrected chi connectivity index (χ0v) is 12.7. The molecule has 1 aliphatic carbocycles. The molecule has 20 heavy (non-hydrogen) atoms. The van der Waals surface area contributed by atoms with Crippen molar-refractivity contribution in [1.82, 2.24) is 15.3 Å². The lowest BCUT2D eigenvalue weighted by molar-refractivity contribution is 0.296. The quantitative estimate of drug-likeness (QED) is 0.888. The molecule has 0 saturated heterocycles. The van der Waals surface area contributed by atoms with E-state index in [0.29, 0.717) is 12.6 Å². The molecule has 1 saturated carbocycles. The molecule has 3 rings (SSSR count). The van der Waals surface area contributed by atoms with E-state index in [9.17, 15) is 0 Å². The van der Waals surface area contributed by atoms with E-state index in [1.165, 1.54) is 12.8 Å². The molecule has 0 radical (unpaired) electrons. The van der Waals surface area contributed by atoms with Crippen LogP contribution in [-0.4, -0.2) is 16.0 Å². The first-order valence-corrected chi connectivity index (χ1v) is 7.82. The normalized spacial score (nSPS) is 14.5. The van der Waals surface area contributed by atoms with Crippen molar-refractivity contribution in [3.63, 3.8) is 0 Å². The first-order chi connectivity index (χ1) is 9.70. The molecular formula is C15H19N3OS. The highest BCUT2D eigenvalue weighted by Gasteiger charge is 2.21. The smallest absolute Gasteiger partial charge is 0.142 e. The van der Waals surface area contributed by atoms with Gasteiger partial charge >= 0.3 is 0 Å². The van der Waals surface area contributed by atoms with Crippen molar-refractivity contribution in [2.75, 3.05) is 0 Å². The molecule has 1 N–H and O–H groups in total. The van der Waals surface area contributed by atoms with Crippen LogP contribution in [-0.2, 0) is 13.2 Å². The number of hydrogen-bond donors (Lipinski definition) is 1. The van der Waals surface area contributed by atoms with Gasteiger partial charge < -0.3 is 10.1 Å². The second-order valence-corrected chi connectivity index (χ2v) is 6.26. The minimum absolute atomic E-state index is 0.505. The number of aryl methyl sites for hydroxylation is 2. The minimum atomic E-state index is 0.505. The van der Waals surface area contributed by atoms with Gasteiger partial charge in [-0.15, -0.1) is 11.3 Å². The monoisotopic (exact) mass is 289 g/mol. The van der Waals surface area contributed by atoms with Crippen molar-refractivity contribution in [1.29, 1.82) is 0 Å². The van der Waals surface area contributed by atoms with Gasteiger partial charge in [0.1, 0.15) is 12.4 Å². The van der Waals surface area contributed by atoms with E-state index in [0.717, 1.165) is 34.4 Å². The molecule has 0 spiro atoms. The lowest BCUT2D eigenvalue weighted by Crippen LogP contribution is -2.17. The van der Waals surface area contributed by atoms with Crippen LogP contribution >= 0.6 is 11.3 Å². The summed E-state index contributed by atoms with van der Waals surface area (Å²) in [5.41, 5.74) is 2.99. The lowest BCUT2D eigenvalue weighted by Gasteiger charge is -2.11. The molecule has 0 amide bonds. The summed E-state index contributed by atoms with van der Waals surface area (Å²) in [4.78, 5) is 9.00. The molecule has 2 aromatic heterocycles. The average Bonchev–Trinajstić information content (AvgIpc) is 3.17. The number of nitrogens with one attached hydrogen (secondary N) is 1. The molecule has 1 fully saturated rings. The highest BCUT2D eigenvalue weighted by Crippen LogP contribution is 2.22. The van der Waals surface area contributed by atoms with Crippen LogP contribution in [0.15, 0.2) is 17.5 Å². The minimum Gasteiger partial charge on any atom is -0.485 e. The number of rotatable bonds is 6. The fourth-order valence-electron chi connectivity index (χ4n) is 2.01. The number of thiazole rings is 1. The van der Waals surface area contributed by atoms with Crippen LogP contribution < -0.4 is 10.1 Å². The van der Waals surface area contributed by atoms with Gasteiger partial charge in [0.2, 0.25) is 0 Å². The third-order valence-corrected chi connectivity index (χ3v) is 4.07. The van der Waals surface area contributed by atoms with Gasteiger partial charge in [0.05, 0.1) is 16.4 Å². The highest BCUT2D eigenvalue weighted by molar-refractivity contribution is 7.09. The Kier molecular flexibility index (Phi) is 3.98. The summed E-state index contributed by atoms with van der Waals surface area (Å²) in [5, 5.41) is 6.60. The zero-order valence-electron chi connectivity index (χ0n) is 11.8. The third-order valence-electron chi connectivity index (χ3n) is 3.25. The molecule has 2 heterocycles. The van der Waals surface area contributed by atoms with Crippen LogP contribution in [0, 0.1) is 13.8 Å². The number of nitrogens with zero attached hydrogens (tertiary/aromatic N) is 2. The van der Waals surface area contributed by atoms with E-state index in [2.05, 4.69) is 15.3 Å². The SMILES string of the molecule is Cc1ccc(OCc2csc(C)n2)c(CNC2CC2)n1. The standard InChI is InChI=1S/C15H19N3OS/c1-10-3-6-15(14(17-10)7-16-12-4-5-12)19-8-13-9-20-11(2)18-13/h3,6,9,12,16H,4-5,7-8H2,1-2H3. The van der Waals surface area contributed by atoms with E-state index in [4.69, 9.17) is 4.74 Å². The molecule has 5 heteroatoms. The van der Waals surface area contributed by atoms with Crippen LogP contribution in [0.1, 0.15) is 34.9 Å². The average molecular weight is 289 g/mol. The maximum Gasteiger partial charge on any atom is 0.142 e. The first kappa shape index (κ1) is 13.5. The summed E-state index contributed by atoms with van der Waals surface area (Å²) >= 11 is 1.65. The van der Waals surface area contributed by atoms with Crippen LogP contribution in [0.2, 0.25) is 0 Å². The summed E-state index contributed by atoms with van der Waals surface area (Å²) in [5.74, 6) is 0.856. The van der Waals surface area contributed by atoms with Gasteiger partial charge in [0.15, 0.2) is 0 Å². The lowest BCUT2D eigenvalue weighted by atomic mass is 10.2. The molecule has 0 bridgehead atoms. The molecule has 0 atom stereocenters. The predicted octanol–water partition coefficient (Wildman–Crippen LogP) is 2.99. The van der Waals surface area contributed by atoms with Gasteiger partial charge in [-0.25, -0.2) is 4.98 Å². The second-order valence-electron chi connectivity index (χ2n) is 5.20. The summed E-state index contributed by atoms with van der Waals surface area (Å²) in [6, 6.07) is 4.67. The first-order valence-electron chi connectivity index (χ1n) is 6.94. The van der Waals surface area contributed by atoms with Gasteiger partial charge in [-0.1, -0.05) is 0 Å². The number of ether oxygens (including phenoxy) is 1. The van der Waals surface area contributed by atoms with E-state index in [1.54, 1.807) is 11.3 Å². The third kappa shape index (κ3) is 3.55. The van der Waals surface area contributed by atoms with Crippen molar-refractivity contribution in [3.8, 4) is 5.75 Å². The van der Waals surface area contributed by atoms with E-state index < -0.39 is 0 Å². The molecule has 106 valence electrons. The van der Waals surface area contributed by atoms with Crippen molar-refractivity contribution in [2.24, 2.45) is 0 Å². The molecule has 0 unspecified atom stereocenters. The van der Waals surface area contributed by atoms with Gasteiger partial charge in [-0.3, -0.25) is 4.98 Å². The van der Waals surface area contributed by atoms with Crippen molar-refractivity contribution < 1.29 is 4.74 Å². The maximum atomic E-state index is 5.89. The van der Waals surface area contributed by atoms with E-state index >= 15 is 0 Å². The van der Waals surface area contributed by atoms with Gasteiger partial charge in [-0.2, -0.15) is 0 Å². The zero-order chi connectivity index (χ0) is 13.9. The van der Waals surface area contributed by atoms with Gasteiger partial charge in [0.25, 0.3) is 0 Å². The summed E-state index contributed by atoms with van der Waals surface area (Å²) in [6.07, 6.45) is 2.56. The van der Waals surface area contributed by atoms with Crippen molar-refractivity contribution >= 4 is 11.3 Å². The summed E-state index contributed by atoms with van der Waals surface area (Å²) in [7, 11) is 0. The summed E-state index contributed by atoms with van der Waals surface area (Å²) in [6.45, 7) is 5.30. The molecule has 2 aromatic rings. The van der Waals surface area contributed by atoms with Gasteiger partial charge in [0, 0.05) is 23.7 Å². The largest absolute Gasteiger partial charge is 0.485 e. The Balaban J connectivity index is 1.66. The number of aromatic nitrogens is 2. The maximum absolute atomic E-state index is 5.89. The Labute approximate surface area is 123 Å². The molecule has 0 aliphatic heterocycles. The second kappa shape index (κ2) is 5.89. The van der Waals surface area contributed by atoms with Crippen molar-refractivity contribution in [3.05, 3.63) is 39.6 Å². The molecular weight excluding hydrogens is 270 g/mol. The van der Waals surface area contributed by atoms with Crippen LogP contribution in [0.4, 0.5) is 0 Å². The Bertz CT molecular complexity index is 593. The number of pyridine rings is 1. The Morgan fingerprint density at radius 2 is 2.15 bits per heavy atom. The van der Waals surface area contributed by atoms with Crippen LogP contribution in [0.25, 0.3) is 0 Å². The summed E-state index contributed by atoms with van der Waals surface area (Å²) < 4.78 is 5.89. The van der Waals surface area contributed by atoms with E-state index in [-0.39, 0.29) is 0 Å². The Morgan fingerprint density at radius 1 is 1.30 bits per heavy atom. The van der Waals surface area contributed by atoms with Crippen molar-refractivity contribution in [2.45, 2.75) is 45.9 Å². The van der Waals surface area contributed by atoms with Gasteiger partial charge in [-0.05, 0) is 38.8 Å².